The van der Waals surface area contributed by atoms with Crippen molar-refractivity contribution in [2.45, 2.75) is 47.0 Å². The maximum atomic E-state index is 12.4. The van der Waals surface area contributed by atoms with Crippen molar-refractivity contribution in [3.8, 4) is 0 Å². The van der Waals surface area contributed by atoms with E-state index in [1.54, 1.807) is 11.3 Å². The van der Waals surface area contributed by atoms with Gasteiger partial charge in [0.2, 0.25) is 5.91 Å². The molecule has 0 aliphatic heterocycles. The van der Waals surface area contributed by atoms with E-state index < -0.39 is 0 Å². The zero-order valence-electron chi connectivity index (χ0n) is 14.5. The first-order valence-corrected chi connectivity index (χ1v) is 9.19. The Morgan fingerprint density at radius 3 is 2.74 bits per heavy atom. The van der Waals surface area contributed by atoms with Gasteiger partial charge in [0.15, 0.2) is 0 Å². The van der Waals surface area contributed by atoms with E-state index in [0.717, 1.165) is 54.2 Å². The first kappa shape index (κ1) is 17.7. The Kier molecular flexibility index (Phi) is 6.33. The van der Waals surface area contributed by atoms with Crippen molar-refractivity contribution < 1.29 is 4.79 Å². The lowest BCUT2D eigenvalue weighted by Gasteiger charge is -2.21. The van der Waals surface area contributed by atoms with Crippen LogP contribution in [0.3, 0.4) is 0 Å². The lowest BCUT2D eigenvalue weighted by atomic mass is 10.3. The van der Waals surface area contributed by atoms with Crippen molar-refractivity contribution in [3.63, 3.8) is 0 Å². The zero-order chi connectivity index (χ0) is 16.8. The predicted molar refractivity (Wildman–Crippen MR) is 97.2 cm³/mol. The standard InChI is InChI=1S/C17H26N4OS/c1-5-8-9-21(7-3)15(22)11-18-16-14-10-13(6-2)23-17(14)20-12(4)19-16/h10H,5-9,11H2,1-4H3,(H,18,19,20). The number of fused-ring (bicyclic) bond motifs is 1. The molecule has 0 spiro atoms. The molecule has 2 aromatic heterocycles. The summed E-state index contributed by atoms with van der Waals surface area (Å²) in [6.45, 7) is 10.0. The van der Waals surface area contributed by atoms with Gasteiger partial charge in [-0.05, 0) is 32.8 Å². The molecule has 1 amide bonds. The number of anilines is 1. The number of carbonyl (C=O) groups is 1. The number of thiophene rings is 1. The van der Waals surface area contributed by atoms with E-state index in [4.69, 9.17) is 0 Å². The van der Waals surface area contributed by atoms with Crippen LogP contribution in [-0.2, 0) is 11.2 Å². The highest BCUT2D eigenvalue weighted by molar-refractivity contribution is 7.18. The Hall–Kier alpha value is -1.69. The number of hydrogen-bond donors (Lipinski definition) is 1. The molecule has 0 radical (unpaired) electrons. The molecule has 126 valence electrons. The van der Waals surface area contributed by atoms with Gasteiger partial charge in [0.05, 0.1) is 11.9 Å². The van der Waals surface area contributed by atoms with Crippen molar-refractivity contribution in [2.75, 3.05) is 25.0 Å². The minimum Gasteiger partial charge on any atom is -0.360 e. The number of unbranched alkanes of at least 4 members (excludes halogenated alkanes) is 1. The monoisotopic (exact) mass is 334 g/mol. The maximum absolute atomic E-state index is 12.4. The van der Waals surface area contributed by atoms with Crippen LogP contribution in [0.25, 0.3) is 10.2 Å². The van der Waals surface area contributed by atoms with Gasteiger partial charge in [0, 0.05) is 18.0 Å². The van der Waals surface area contributed by atoms with Crippen molar-refractivity contribution in [1.82, 2.24) is 14.9 Å². The Bertz CT molecular complexity index is 668. The third-order valence-electron chi connectivity index (χ3n) is 3.83. The van der Waals surface area contributed by atoms with Crippen molar-refractivity contribution in [3.05, 3.63) is 16.8 Å². The lowest BCUT2D eigenvalue weighted by Crippen LogP contribution is -2.36. The van der Waals surface area contributed by atoms with E-state index in [-0.39, 0.29) is 12.5 Å². The number of aromatic nitrogens is 2. The molecule has 0 fully saturated rings. The molecule has 0 aliphatic carbocycles. The molecule has 23 heavy (non-hydrogen) atoms. The summed E-state index contributed by atoms with van der Waals surface area (Å²) in [5.41, 5.74) is 0. The largest absolute Gasteiger partial charge is 0.360 e. The van der Waals surface area contributed by atoms with Crippen LogP contribution in [0.5, 0.6) is 0 Å². The number of carbonyl (C=O) groups excluding carboxylic acids is 1. The first-order chi connectivity index (χ1) is 11.1. The molecule has 0 aliphatic rings. The SMILES string of the molecule is CCCCN(CC)C(=O)CNc1nc(C)nc2sc(CC)cc12. The number of rotatable bonds is 8. The molecule has 2 aromatic rings. The molecular formula is C17H26N4OS. The molecule has 2 rings (SSSR count). The highest BCUT2D eigenvalue weighted by Crippen LogP contribution is 2.29. The van der Waals surface area contributed by atoms with Crippen LogP contribution in [0, 0.1) is 6.92 Å². The predicted octanol–water partition coefficient (Wildman–Crippen LogP) is 3.62. The highest BCUT2D eigenvalue weighted by atomic mass is 32.1. The summed E-state index contributed by atoms with van der Waals surface area (Å²) in [4.78, 5) is 25.5. The minimum atomic E-state index is 0.122. The fourth-order valence-corrected chi connectivity index (χ4v) is 3.48. The Balaban J connectivity index is 2.11. The maximum Gasteiger partial charge on any atom is 0.241 e. The lowest BCUT2D eigenvalue weighted by molar-refractivity contribution is -0.129. The van der Waals surface area contributed by atoms with Gasteiger partial charge in [-0.25, -0.2) is 9.97 Å². The Labute approximate surface area is 142 Å². The molecule has 6 heteroatoms. The summed E-state index contributed by atoms with van der Waals surface area (Å²) in [6.07, 6.45) is 3.12. The molecule has 0 aromatic carbocycles. The summed E-state index contributed by atoms with van der Waals surface area (Å²) in [7, 11) is 0. The third kappa shape index (κ3) is 4.41. The van der Waals surface area contributed by atoms with Crippen molar-refractivity contribution in [1.29, 1.82) is 0 Å². The van der Waals surface area contributed by atoms with E-state index in [9.17, 15) is 4.79 Å². The van der Waals surface area contributed by atoms with Crippen LogP contribution in [0.4, 0.5) is 5.82 Å². The van der Waals surface area contributed by atoms with E-state index in [1.807, 2.05) is 18.7 Å². The van der Waals surface area contributed by atoms with Crippen LogP contribution in [0.15, 0.2) is 6.07 Å². The van der Waals surface area contributed by atoms with Gasteiger partial charge in [0.1, 0.15) is 16.5 Å². The Morgan fingerprint density at radius 1 is 1.30 bits per heavy atom. The molecule has 0 unspecified atom stereocenters. The molecule has 0 atom stereocenters. The molecule has 5 nitrogen and oxygen atoms in total. The summed E-state index contributed by atoms with van der Waals surface area (Å²) < 4.78 is 0. The van der Waals surface area contributed by atoms with E-state index in [0.29, 0.717) is 0 Å². The summed E-state index contributed by atoms with van der Waals surface area (Å²) in [5.74, 6) is 1.62. The van der Waals surface area contributed by atoms with E-state index >= 15 is 0 Å². The van der Waals surface area contributed by atoms with E-state index in [2.05, 4.69) is 35.2 Å². The van der Waals surface area contributed by atoms with Gasteiger partial charge in [-0.3, -0.25) is 4.79 Å². The summed E-state index contributed by atoms with van der Waals surface area (Å²) >= 11 is 1.70. The number of hydrogen-bond acceptors (Lipinski definition) is 5. The smallest absolute Gasteiger partial charge is 0.241 e. The van der Waals surface area contributed by atoms with Gasteiger partial charge < -0.3 is 10.2 Å². The van der Waals surface area contributed by atoms with Gasteiger partial charge in [-0.15, -0.1) is 11.3 Å². The van der Waals surface area contributed by atoms with Crippen LogP contribution >= 0.6 is 11.3 Å². The van der Waals surface area contributed by atoms with Crippen LogP contribution in [0.2, 0.25) is 0 Å². The Morgan fingerprint density at radius 2 is 2.09 bits per heavy atom. The number of nitrogens with zero attached hydrogens (tertiary/aromatic N) is 3. The van der Waals surface area contributed by atoms with E-state index in [1.165, 1.54) is 4.88 Å². The molecule has 0 bridgehead atoms. The summed E-state index contributed by atoms with van der Waals surface area (Å²) in [6, 6.07) is 2.13. The van der Waals surface area contributed by atoms with Crippen LogP contribution < -0.4 is 5.32 Å². The number of nitrogens with one attached hydrogen (secondary N) is 1. The zero-order valence-corrected chi connectivity index (χ0v) is 15.3. The molecule has 0 saturated carbocycles. The fraction of sp³-hybridized carbons (Fsp3) is 0.588. The third-order valence-corrected chi connectivity index (χ3v) is 5.00. The average Bonchev–Trinajstić information content (AvgIpc) is 2.96. The first-order valence-electron chi connectivity index (χ1n) is 8.37. The second kappa shape index (κ2) is 8.24. The van der Waals surface area contributed by atoms with Gasteiger partial charge in [-0.1, -0.05) is 20.3 Å². The summed E-state index contributed by atoms with van der Waals surface area (Å²) in [5, 5.41) is 4.24. The molecule has 0 saturated heterocycles. The van der Waals surface area contributed by atoms with Gasteiger partial charge in [-0.2, -0.15) is 0 Å². The number of aryl methyl sites for hydroxylation is 2. The van der Waals surface area contributed by atoms with Gasteiger partial charge in [0.25, 0.3) is 0 Å². The molecule has 1 N–H and O–H groups in total. The number of amides is 1. The normalized spacial score (nSPS) is 11.0. The van der Waals surface area contributed by atoms with Gasteiger partial charge >= 0.3 is 0 Å². The highest BCUT2D eigenvalue weighted by Gasteiger charge is 2.14. The van der Waals surface area contributed by atoms with Crippen molar-refractivity contribution in [2.24, 2.45) is 0 Å². The molecule has 2 heterocycles. The van der Waals surface area contributed by atoms with Crippen molar-refractivity contribution >= 4 is 33.3 Å². The minimum absolute atomic E-state index is 0.122. The topological polar surface area (TPSA) is 58.1 Å². The fourth-order valence-electron chi connectivity index (χ4n) is 2.47. The number of likely N-dealkylation sites (N-methyl/N-ethyl adjacent to an activating group) is 1. The second-order valence-electron chi connectivity index (χ2n) is 5.59. The quantitative estimate of drug-likeness (QED) is 0.801. The van der Waals surface area contributed by atoms with Crippen LogP contribution in [0.1, 0.15) is 44.3 Å². The van der Waals surface area contributed by atoms with Crippen LogP contribution in [-0.4, -0.2) is 40.4 Å². The average molecular weight is 334 g/mol. The molecular weight excluding hydrogens is 308 g/mol. The second-order valence-corrected chi connectivity index (χ2v) is 6.70.